The van der Waals surface area contributed by atoms with Gasteiger partial charge in [-0.3, -0.25) is 4.79 Å². The van der Waals surface area contributed by atoms with Gasteiger partial charge < -0.3 is 14.7 Å². The largest absolute Gasteiger partial charge is 0.491 e. The lowest BCUT2D eigenvalue weighted by molar-refractivity contribution is -0.127. The Morgan fingerprint density at radius 3 is 2.57 bits per heavy atom. The van der Waals surface area contributed by atoms with Gasteiger partial charge in [0.05, 0.1) is 6.54 Å². The van der Waals surface area contributed by atoms with E-state index in [1.54, 1.807) is 25.2 Å². The first-order valence-electron chi connectivity index (χ1n) is 6.60. The second kappa shape index (κ2) is 6.26. The molecule has 0 spiro atoms. The SMILES string of the molecule is CC(=O)N(C)CCOc1ccc2ccccc2c1C(=O)O. The zero-order valence-electron chi connectivity index (χ0n) is 12.0. The lowest BCUT2D eigenvalue weighted by atomic mass is 10.0. The van der Waals surface area contributed by atoms with E-state index in [4.69, 9.17) is 4.74 Å². The van der Waals surface area contributed by atoms with Crippen LogP contribution in [0.2, 0.25) is 0 Å². The molecular formula is C16H17NO4. The quantitative estimate of drug-likeness (QED) is 0.917. The van der Waals surface area contributed by atoms with Crippen molar-refractivity contribution in [2.24, 2.45) is 0 Å². The maximum absolute atomic E-state index is 11.5. The van der Waals surface area contributed by atoms with Gasteiger partial charge in [-0.2, -0.15) is 0 Å². The number of rotatable bonds is 5. The maximum Gasteiger partial charge on any atom is 0.340 e. The number of fused-ring (bicyclic) bond motifs is 1. The maximum atomic E-state index is 11.5. The molecule has 21 heavy (non-hydrogen) atoms. The Hall–Kier alpha value is -2.56. The van der Waals surface area contributed by atoms with Gasteiger partial charge in [0.1, 0.15) is 17.9 Å². The summed E-state index contributed by atoms with van der Waals surface area (Å²) in [5.41, 5.74) is 0.151. The van der Waals surface area contributed by atoms with Crippen molar-refractivity contribution in [1.82, 2.24) is 4.90 Å². The Bertz CT molecular complexity index is 681. The number of likely N-dealkylation sites (N-methyl/N-ethyl adjacent to an activating group) is 1. The summed E-state index contributed by atoms with van der Waals surface area (Å²) in [7, 11) is 1.67. The summed E-state index contributed by atoms with van der Waals surface area (Å²) in [6, 6.07) is 10.7. The topological polar surface area (TPSA) is 66.8 Å². The van der Waals surface area contributed by atoms with Gasteiger partial charge in [-0.25, -0.2) is 4.79 Å². The van der Waals surface area contributed by atoms with Crippen LogP contribution in [-0.4, -0.2) is 42.1 Å². The second-order valence-electron chi connectivity index (χ2n) is 4.75. The average molecular weight is 287 g/mol. The van der Waals surface area contributed by atoms with Crippen molar-refractivity contribution < 1.29 is 19.4 Å². The van der Waals surface area contributed by atoms with Crippen LogP contribution in [-0.2, 0) is 4.79 Å². The minimum absolute atomic E-state index is 0.0597. The number of amides is 1. The van der Waals surface area contributed by atoms with E-state index in [-0.39, 0.29) is 18.1 Å². The van der Waals surface area contributed by atoms with E-state index in [2.05, 4.69) is 0 Å². The number of ether oxygens (including phenoxy) is 1. The standard InChI is InChI=1S/C16H17NO4/c1-11(18)17(2)9-10-21-14-8-7-12-5-3-4-6-13(12)15(14)16(19)20/h3-8H,9-10H2,1-2H3,(H,19,20). The molecule has 0 radical (unpaired) electrons. The molecule has 0 saturated heterocycles. The van der Waals surface area contributed by atoms with E-state index < -0.39 is 5.97 Å². The molecule has 0 aliphatic rings. The van der Waals surface area contributed by atoms with Gasteiger partial charge in [0.15, 0.2) is 0 Å². The minimum Gasteiger partial charge on any atom is -0.491 e. The Morgan fingerprint density at radius 1 is 1.19 bits per heavy atom. The molecule has 0 unspecified atom stereocenters. The lowest BCUT2D eigenvalue weighted by Crippen LogP contribution is -2.28. The molecule has 0 aromatic heterocycles. The van der Waals surface area contributed by atoms with Crippen molar-refractivity contribution in [3.63, 3.8) is 0 Å². The molecule has 5 nitrogen and oxygen atoms in total. The van der Waals surface area contributed by atoms with E-state index in [9.17, 15) is 14.7 Å². The third-order valence-corrected chi connectivity index (χ3v) is 3.33. The van der Waals surface area contributed by atoms with Gasteiger partial charge in [0, 0.05) is 14.0 Å². The number of benzene rings is 2. The third-order valence-electron chi connectivity index (χ3n) is 3.33. The van der Waals surface area contributed by atoms with Gasteiger partial charge in [0.25, 0.3) is 0 Å². The van der Waals surface area contributed by atoms with Crippen LogP contribution in [0.5, 0.6) is 5.75 Å². The highest BCUT2D eigenvalue weighted by molar-refractivity contribution is 6.06. The molecular weight excluding hydrogens is 270 g/mol. The molecule has 2 aromatic carbocycles. The number of carboxylic acid groups (broad SMARTS) is 1. The predicted molar refractivity (Wildman–Crippen MR) is 79.7 cm³/mol. The Labute approximate surface area is 122 Å². The molecule has 0 aliphatic heterocycles. The highest BCUT2D eigenvalue weighted by Crippen LogP contribution is 2.28. The first-order chi connectivity index (χ1) is 10.0. The molecule has 2 rings (SSSR count). The highest BCUT2D eigenvalue weighted by atomic mass is 16.5. The predicted octanol–water partition coefficient (Wildman–Crippen LogP) is 2.40. The zero-order valence-corrected chi connectivity index (χ0v) is 12.0. The van der Waals surface area contributed by atoms with Crippen molar-refractivity contribution in [3.8, 4) is 5.75 Å². The Kier molecular flexibility index (Phi) is 4.42. The first kappa shape index (κ1) is 14.8. The van der Waals surface area contributed by atoms with E-state index in [1.165, 1.54) is 11.8 Å². The number of hydrogen-bond acceptors (Lipinski definition) is 3. The summed E-state index contributed by atoms with van der Waals surface area (Å²) >= 11 is 0. The first-order valence-corrected chi connectivity index (χ1v) is 6.60. The van der Waals surface area contributed by atoms with Crippen LogP contribution in [0.4, 0.5) is 0 Å². The Balaban J connectivity index is 2.25. The smallest absolute Gasteiger partial charge is 0.340 e. The van der Waals surface area contributed by atoms with Gasteiger partial charge in [0.2, 0.25) is 5.91 Å². The number of nitrogens with zero attached hydrogens (tertiary/aromatic N) is 1. The van der Waals surface area contributed by atoms with Crippen molar-refractivity contribution in [2.75, 3.05) is 20.2 Å². The number of carboxylic acids is 1. The third kappa shape index (κ3) is 3.31. The molecule has 0 fully saturated rings. The van der Waals surface area contributed by atoms with E-state index in [1.807, 2.05) is 18.2 Å². The van der Waals surface area contributed by atoms with Gasteiger partial charge >= 0.3 is 5.97 Å². The molecule has 110 valence electrons. The van der Waals surface area contributed by atoms with Crippen LogP contribution in [0.1, 0.15) is 17.3 Å². The van der Waals surface area contributed by atoms with Gasteiger partial charge in [-0.05, 0) is 16.8 Å². The fourth-order valence-electron chi connectivity index (χ4n) is 2.04. The van der Waals surface area contributed by atoms with Crippen LogP contribution < -0.4 is 4.74 Å². The van der Waals surface area contributed by atoms with Gasteiger partial charge in [-0.1, -0.05) is 30.3 Å². The summed E-state index contributed by atoms with van der Waals surface area (Å²) in [4.78, 5) is 24.1. The number of aromatic carboxylic acids is 1. The monoisotopic (exact) mass is 287 g/mol. The van der Waals surface area contributed by atoms with Crippen LogP contribution in [0, 0.1) is 0 Å². The summed E-state index contributed by atoms with van der Waals surface area (Å²) in [5, 5.41) is 10.9. The summed E-state index contributed by atoms with van der Waals surface area (Å²) < 4.78 is 5.55. The van der Waals surface area contributed by atoms with Crippen molar-refractivity contribution in [1.29, 1.82) is 0 Å². The summed E-state index contributed by atoms with van der Waals surface area (Å²) in [6.45, 7) is 2.12. The zero-order chi connectivity index (χ0) is 15.4. The lowest BCUT2D eigenvalue weighted by Gasteiger charge is -2.16. The molecule has 0 aliphatic carbocycles. The van der Waals surface area contributed by atoms with Crippen LogP contribution in [0.25, 0.3) is 10.8 Å². The number of carbonyl (C=O) groups excluding carboxylic acids is 1. The number of hydrogen-bond donors (Lipinski definition) is 1. The molecule has 0 saturated carbocycles. The van der Waals surface area contributed by atoms with Crippen LogP contribution >= 0.6 is 0 Å². The summed E-state index contributed by atoms with van der Waals surface area (Å²) in [6.07, 6.45) is 0. The minimum atomic E-state index is -1.03. The van der Waals surface area contributed by atoms with Crippen molar-refractivity contribution in [3.05, 3.63) is 42.0 Å². The fraction of sp³-hybridized carbons (Fsp3) is 0.250. The fourth-order valence-corrected chi connectivity index (χ4v) is 2.04. The molecule has 2 aromatic rings. The molecule has 0 heterocycles. The number of carbonyl (C=O) groups is 2. The Morgan fingerprint density at radius 2 is 1.90 bits per heavy atom. The summed E-state index contributed by atoms with van der Waals surface area (Å²) in [5.74, 6) is -0.768. The second-order valence-corrected chi connectivity index (χ2v) is 4.75. The van der Waals surface area contributed by atoms with E-state index in [0.29, 0.717) is 17.7 Å². The van der Waals surface area contributed by atoms with Crippen LogP contribution in [0.3, 0.4) is 0 Å². The molecule has 1 amide bonds. The molecule has 1 N–H and O–H groups in total. The normalized spacial score (nSPS) is 10.4. The van der Waals surface area contributed by atoms with E-state index >= 15 is 0 Å². The van der Waals surface area contributed by atoms with Crippen LogP contribution in [0.15, 0.2) is 36.4 Å². The van der Waals surface area contributed by atoms with E-state index in [0.717, 1.165) is 5.39 Å². The van der Waals surface area contributed by atoms with Crippen molar-refractivity contribution in [2.45, 2.75) is 6.92 Å². The van der Waals surface area contributed by atoms with Crippen molar-refractivity contribution >= 4 is 22.6 Å². The molecule has 0 atom stereocenters. The molecule has 5 heteroatoms. The highest BCUT2D eigenvalue weighted by Gasteiger charge is 2.15. The molecule has 0 bridgehead atoms. The van der Waals surface area contributed by atoms with Gasteiger partial charge in [-0.15, -0.1) is 0 Å². The average Bonchev–Trinajstić information content (AvgIpc) is 2.46.